The summed E-state index contributed by atoms with van der Waals surface area (Å²) in [7, 11) is 0. The molecule has 1 aromatic carbocycles. The Kier molecular flexibility index (Phi) is 5.27. The van der Waals surface area contributed by atoms with Gasteiger partial charge < -0.3 is 10.6 Å². The van der Waals surface area contributed by atoms with E-state index in [9.17, 15) is 14.9 Å². The minimum atomic E-state index is -0.414. The van der Waals surface area contributed by atoms with Crippen LogP contribution in [0.15, 0.2) is 24.3 Å². The number of amides is 1. The minimum Gasteiger partial charge on any atom is -0.349 e. The average molecular weight is 291 g/mol. The average Bonchev–Trinajstić information content (AvgIpc) is 2.53. The first kappa shape index (κ1) is 15.4. The summed E-state index contributed by atoms with van der Waals surface area (Å²) in [6.07, 6.45) is 2.60. The van der Waals surface area contributed by atoms with Crippen LogP contribution in [0.1, 0.15) is 37.8 Å². The molecule has 1 aromatic rings. The van der Waals surface area contributed by atoms with E-state index in [0.717, 1.165) is 24.9 Å². The molecule has 21 heavy (non-hydrogen) atoms. The Balaban J connectivity index is 2.06. The van der Waals surface area contributed by atoms with Gasteiger partial charge in [0.05, 0.1) is 16.9 Å². The molecule has 6 nitrogen and oxygen atoms in total. The van der Waals surface area contributed by atoms with Crippen molar-refractivity contribution in [3.05, 3.63) is 39.9 Å². The van der Waals surface area contributed by atoms with Gasteiger partial charge in [-0.3, -0.25) is 14.9 Å². The SMILES string of the molecule is CCC(NC(=O)C1CCCNC1)c1cccc([N+](=O)[O-])c1. The van der Waals surface area contributed by atoms with Gasteiger partial charge in [-0.05, 0) is 31.4 Å². The fourth-order valence-corrected chi connectivity index (χ4v) is 2.64. The number of nitro benzene ring substituents is 1. The van der Waals surface area contributed by atoms with Gasteiger partial charge >= 0.3 is 0 Å². The molecule has 0 radical (unpaired) electrons. The number of nitrogens with zero attached hydrogens (tertiary/aromatic N) is 1. The standard InChI is InChI=1S/C15H21N3O3/c1-2-14(11-5-3-7-13(9-11)18(20)21)17-15(19)12-6-4-8-16-10-12/h3,5,7,9,12,14,16H,2,4,6,8,10H2,1H3,(H,17,19). The lowest BCUT2D eigenvalue weighted by Gasteiger charge is -2.25. The van der Waals surface area contributed by atoms with Gasteiger partial charge in [0, 0.05) is 18.7 Å². The van der Waals surface area contributed by atoms with E-state index in [1.54, 1.807) is 6.07 Å². The molecule has 0 aliphatic carbocycles. The Hall–Kier alpha value is -1.95. The van der Waals surface area contributed by atoms with Crippen LogP contribution in [0.5, 0.6) is 0 Å². The summed E-state index contributed by atoms with van der Waals surface area (Å²) in [6, 6.07) is 6.29. The van der Waals surface area contributed by atoms with Crippen LogP contribution in [0.3, 0.4) is 0 Å². The number of nitrogens with one attached hydrogen (secondary N) is 2. The summed E-state index contributed by atoms with van der Waals surface area (Å²) in [5, 5.41) is 17.1. The molecular formula is C15H21N3O3. The molecule has 1 heterocycles. The Morgan fingerprint density at radius 2 is 2.38 bits per heavy atom. The number of benzene rings is 1. The highest BCUT2D eigenvalue weighted by molar-refractivity contribution is 5.79. The molecule has 1 amide bonds. The van der Waals surface area contributed by atoms with Crippen molar-refractivity contribution in [2.24, 2.45) is 5.92 Å². The number of nitro groups is 1. The monoisotopic (exact) mass is 291 g/mol. The molecule has 1 aliphatic heterocycles. The number of rotatable bonds is 5. The second-order valence-corrected chi connectivity index (χ2v) is 5.36. The van der Waals surface area contributed by atoms with Crippen molar-refractivity contribution in [1.82, 2.24) is 10.6 Å². The van der Waals surface area contributed by atoms with Crippen LogP contribution >= 0.6 is 0 Å². The first-order chi connectivity index (χ1) is 10.1. The van der Waals surface area contributed by atoms with E-state index in [2.05, 4.69) is 10.6 Å². The van der Waals surface area contributed by atoms with Gasteiger partial charge in [0.15, 0.2) is 0 Å². The van der Waals surface area contributed by atoms with Gasteiger partial charge in [-0.1, -0.05) is 19.1 Å². The van der Waals surface area contributed by atoms with Gasteiger partial charge in [0.25, 0.3) is 5.69 Å². The molecule has 114 valence electrons. The molecule has 2 rings (SSSR count). The van der Waals surface area contributed by atoms with Crippen LogP contribution in [0.2, 0.25) is 0 Å². The minimum absolute atomic E-state index is 0.00787. The maximum absolute atomic E-state index is 12.3. The summed E-state index contributed by atoms with van der Waals surface area (Å²) in [5.74, 6) is 0.0204. The number of hydrogen-bond donors (Lipinski definition) is 2. The molecule has 2 N–H and O–H groups in total. The van der Waals surface area contributed by atoms with E-state index >= 15 is 0 Å². The molecule has 2 unspecified atom stereocenters. The molecule has 0 saturated carbocycles. The van der Waals surface area contributed by atoms with Crippen molar-refractivity contribution in [3.63, 3.8) is 0 Å². The first-order valence-electron chi connectivity index (χ1n) is 7.37. The predicted molar refractivity (Wildman–Crippen MR) is 79.9 cm³/mol. The molecule has 1 saturated heterocycles. The second kappa shape index (κ2) is 7.17. The topological polar surface area (TPSA) is 84.3 Å². The Morgan fingerprint density at radius 1 is 1.57 bits per heavy atom. The van der Waals surface area contributed by atoms with Crippen molar-refractivity contribution >= 4 is 11.6 Å². The zero-order chi connectivity index (χ0) is 15.2. The van der Waals surface area contributed by atoms with E-state index in [1.165, 1.54) is 12.1 Å². The van der Waals surface area contributed by atoms with Gasteiger partial charge in [0.1, 0.15) is 0 Å². The lowest BCUT2D eigenvalue weighted by molar-refractivity contribution is -0.384. The molecule has 1 fully saturated rings. The van der Waals surface area contributed by atoms with Gasteiger partial charge in [-0.25, -0.2) is 0 Å². The summed E-state index contributed by atoms with van der Waals surface area (Å²) < 4.78 is 0. The highest BCUT2D eigenvalue weighted by Gasteiger charge is 2.23. The first-order valence-corrected chi connectivity index (χ1v) is 7.37. The lowest BCUT2D eigenvalue weighted by atomic mass is 9.97. The summed E-state index contributed by atoms with van der Waals surface area (Å²) in [5.41, 5.74) is 0.836. The number of piperidine rings is 1. The summed E-state index contributed by atoms with van der Waals surface area (Å²) in [6.45, 7) is 3.63. The lowest BCUT2D eigenvalue weighted by Crippen LogP contribution is -2.41. The highest BCUT2D eigenvalue weighted by atomic mass is 16.6. The normalized spacial score (nSPS) is 19.8. The van der Waals surface area contributed by atoms with E-state index in [-0.39, 0.29) is 23.6 Å². The highest BCUT2D eigenvalue weighted by Crippen LogP contribution is 2.22. The molecule has 0 bridgehead atoms. The van der Waals surface area contributed by atoms with Gasteiger partial charge in [-0.2, -0.15) is 0 Å². The van der Waals surface area contributed by atoms with Crippen molar-refractivity contribution in [2.75, 3.05) is 13.1 Å². The van der Waals surface area contributed by atoms with Gasteiger partial charge in [0.2, 0.25) is 5.91 Å². The van der Waals surface area contributed by atoms with Crippen LogP contribution in [0.25, 0.3) is 0 Å². The largest absolute Gasteiger partial charge is 0.349 e. The van der Waals surface area contributed by atoms with Crippen LogP contribution in [0.4, 0.5) is 5.69 Å². The number of carbonyl (C=O) groups is 1. The third kappa shape index (κ3) is 4.01. The van der Waals surface area contributed by atoms with E-state index < -0.39 is 4.92 Å². The van der Waals surface area contributed by atoms with Crippen molar-refractivity contribution in [3.8, 4) is 0 Å². The van der Waals surface area contributed by atoms with Crippen molar-refractivity contribution in [2.45, 2.75) is 32.2 Å². The number of carbonyl (C=O) groups excluding carboxylic acids is 1. The molecule has 0 aromatic heterocycles. The number of non-ortho nitro benzene ring substituents is 1. The van der Waals surface area contributed by atoms with E-state index in [0.29, 0.717) is 13.0 Å². The molecular weight excluding hydrogens is 270 g/mol. The van der Waals surface area contributed by atoms with Crippen LogP contribution < -0.4 is 10.6 Å². The Labute approximate surface area is 124 Å². The quantitative estimate of drug-likeness (QED) is 0.643. The third-order valence-corrected chi connectivity index (χ3v) is 3.88. The molecule has 6 heteroatoms. The maximum atomic E-state index is 12.3. The van der Waals surface area contributed by atoms with Crippen LogP contribution in [-0.4, -0.2) is 23.9 Å². The van der Waals surface area contributed by atoms with Gasteiger partial charge in [-0.15, -0.1) is 0 Å². The fraction of sp³-hybridized carbons (Fsp3) is 0.533. The Morgan fingerprint density at radius 3 is 3.00 bits per heavy atom. The third-order valence-electron chi connectivity index (χ3n) is 3.88. The number of hydrogen-bond acceptors (Lipinski definition) is 4. The summed E-state index contributed by atoms with van der Waals surface area (Å²) >= 11 is 0. The summed E-state index contributed by atoms with van der Waals surface area (Å²) in [4.78, 5) is 22.7. The van der Waals surface area contributed by atoms with Crippen LogP contribution in [-0.2, 0) is 4.79 Å². The Bertz CT molecular complexity index is 513. The smallest absolute Gasteiger partial charge is 0.269 e. The van der Waals surface area contributed by atoms with Crippen molar-refractivity contribution < 1.29 is 9.72 Å². The van der Waals surface area contributed by atoms with Crippen LogP contribution in [0, 0.1) is 16.0 Å². The fourth-order valence-electron chi connectivity index (χ4n) is 2.64. The zero-order valence-electron chi connectivity index (χ0n) is 12.2. The van der Waals surface area contributed by atoms with Crippen molar-refractivity contribution in [1.29, 1.82) is 0 Å². The molecule has 0 spiro atoms. The second-order valence-electron chi connectivity index (χ2n) is 5.36. The molecule has 2 atom stereocenters. The maximum Gasteiger partial charge on any atom is 0.269 e. The zero-order valence-corrected chi connectivity index (χ0v) is 12.2. The molecule has 1 aliphatic rings. The predicted octanol–water partition coefficient (Wildman–Crippen LogP) is 2.16. The van der Waals surface area contributed by atoms with E-state index in [4.69, 9.17) is 0 Å². The van der Waals surface area contributed by atoms with E-state index in [1.807, 2.05) is 13.0 Å².